The Hall–Kier alpha value is -1.12. The maximum atomic E-state index is 9.56. The molecule has 0 bridgehead atoms. The molecule has 2 atom stereocenters. The van der Waals surface area contributed by atoms with Crippen LogP contribution in [-0.2, 0) is 4.74 Å². The second kappa shape index (κ2) is 4.94. The topological polar surface area (TPSA) is 29.5 Å². The molecular formula is C12H18O2. The van der Waals surface area contributed by atoms with E-state index in [9.17, 15) is 5.11 Å². The van der Waals surface area contributed by atoms with Gasteiger partial charge in [0.1, 0.15) is 11.7 Å². The maximum Gasteiger partial charge on any atom is 0.177 e. The minimum absolute atomic E-state index is 0.558. The maximum absolute atomic E-state index is 9.56. The Bertz CT molecular complexity index is 275. The molecule has 2 unspecified atom stereocenters. The van der Waals surface area contributed by atoms with Crippen molar-refractivity contribution in [1.29, 1.82) is 0 Å². The summed E-state index contributed by atoms with van der Waals surface area (Å²) in [5, 5.41) is 9.56. The molecule has 0 radical (unpaired) electrons. The highest BCUT2D eigenvalue weighted by Crippen LogP contribution is 2.13. The van der Waals surface area contributed by atoms with E-state index >= 15 is 0 Å². The van der Waals surface area contributed by atoms with Gasteiger partial charge < -0.3 is 9.84 Å². The zero-order valence-corrected chi connectivity index (χ0v) is 9.35. The predicted molar refractivity (Wildman–Crippen MR) is 57.3 cm³/mol. The van der Waals surface area contributed by atoms with Crippen LogP contribution < -0.4 is 0 Å². The van der Waals surface area contributed by atoms with Gasteiger partial charge in [-0.3, -0.25) is 0 Å². The minimum atomic E-state index is -0.997. The fourth-order valence-electron chi connectivity index (χ4n) is 0.540. The first-order chi connectivity index (χ1) is 6.39. The lowest BCUT2D eigenvalue weighted by Gasteiger charge is -2.19. The lowest BCUT2D eigenvalue weighted by atomic mass is 10.0. The second-order valence-corrected chi connectivity index (χ2v) is 3.69. The predicted octanol–water partition coefficient (Wildman–Crippen LogP) is 1.93. The van der Waals surface area contributed by atoms with Crippen molar-refractivity contribution >= 4 is 0 Å². The van der Waals surface area contributed by atoms with Gasteiger partial charge in [-0.05, 0) is 32.6 Å². The first-order valence-corrected chi connectivity index (χ1v) is 4.79. The standard InChI is InChI=1S/C12H18O2/c1-6-11(4,13)9-10-14-12(5,7-2)8-3/h2,13H,6,8H2,1,3-5H3. The Morgan fingerprint density at radius 1 is 1.29 bits per heavy atom. The van der Waals surface area contributed by atoms with Gasteiger partial charge in [0, 0.05) is 0 Å². The van der Waals surface area contributed by atoms with Gasteiger partial charge in [-0.1, -0.05) is 19.8 Å². The van der Waals surface area contributed by atoms with E-state index in [4.69, 9.17) is 11.2 Å². The van der Waals surface area contributed by atoms with Crippen LogP contribution in [-0.4, -0.2) is 16.3 Å². The van der Waals surface area contributed by atoms with Crippen LogP contribution in [0, 0.1) is 24.4 Å². The third-order valence-corrected chi connectivity index (χ3v) is 2.27. The molecule has 0 amide bonds. The van der Waals surface area contributed by atoms with Crippen LogP contribution in [0.3, 0.4) is 0 Å². The van der Waals surface area contributed by atoms with Crippen LogP contribution in [0.5, 0.6) is 0 Å². The molecule has 2 heteroatoms. The van der Waals surface area contributed by atoms with E-state index in [2.05, 4.69) is 17.9 Å². The Morgan fingerprint density at radius 3 is 2.21 bits per heavy atom. The normalized spacial score (nSPS) is 18.0. The van der Waals surface area contributed by atoms with Crippen molar-refractivity contribution in [1.82, 2.24) is 0 Å². The van der Waals surface area contributed by atoms with E-state index in [1.165, 1.54) is 0 Å². The van der Waals surface area contributed by atoms with Crippen LogP contribution in [0.15, 0.2) is 0 Å². The first kappa shape index (κ1) is 12.9. The molecule has 0 aromatic rings. The summed E-state index contributed by atoms with van der Waals surface area (Å²) in [6.45, 7) is 7.22. The summed E-state index contributed by atoms with van der Waals surface area (Å²) < 4.78 is 5.21. The third kappa shape index (κ3) is 4.21. The molecule has 2 nitrogen and oxygen atoms in total. The zero-order valence-electron chi connectivity index (χ0n) is 9.35. The smallest absolute Gasteiger partial charge is 0.177 e. The van der Waals surface area contributed by atoms with Gasteiger partial charge in [0.05, 0.1) is 0 Å². The Morgan fingerprint density at radius 2 is 1.86 bits per heavy atom. The molecule has 0 aromatic heterocycles. The molecule has 0 rings (SSSR count). The summed E-state index contributed by atoms with van der Waals surface area (Å²) in [5.74, 6) is 5.15. The van der Waals surface area contributed by atoms with Gasteiger partial charge in [0.25, 0.3) is 0 Å². The summed E-state index contributed by atoms with van der Waals surface area (Å²) in [7, 11) is 0. The van der Waals surface area contributed by atoms with Crippen molar-refractivity contribution in [3.05, 3.63) is 0 Å². The van der Waals surface area contributed by atoms with E-state index in [1.807, 2.05) is 13.8 Å². The van der Waals surface area contributed by atoms with Crippen LogP contribution in [0.2, 0.25) is 0 Å². The number of aliphatic hydroxyl groups is 1. The molecule has 14 heavy (non-hydrogen) atoms. The van der Waals surface area contributed by atoms with Crippen molar-refractivity contribution < 1.29 is 9.84 Å². The van der Waals surface area contributed by atoms with Gasteiger partial charge in [-0.25, -0.2) is 0 Å². The highest BCUT2D eigenvalue weighted by molar-refractivity contribution is 5.12. The molecule has 0 fully saturated rings. The molecule has 1 N–H and O–H groups in total. The summed E-state index contributed by atoms with van der Waals surface area (Å²) >= 11 is 0. The van der Waals surface area contributed by atoms with Gasteiger partial charge in [-0.2, -0.15) is 0 Å². The molecule has 0 saturated heterocycles. The Kier molecular flexibility index (Phi) is 4.54. The molecule has 0 aliphatic rings. The van der Waals surface area contributed by atoms with E-state index in [0.717, 1.165) is 0 Å². The highest BCUT2D eigenvalue weighted by Gasteiger charge is 2.19. The second-order valence-electron chi connectivity index (χ2n) is 3.69. The van der Waals surface area contributed by atoms with Crippen molar-refractivity contribution in [2.45, 2.75) is 51.7 Å². The summed E-state index contributed by atoms with van der Waals surface area (Å²) in [4.78, 5) is 0. The molecule has 0 heterocycles. The number of ether oxygens (including phenoxy) is 1. The Balaban J connectivity index is 4.38. The van der Waals surface area contributed by atoms with Crippen molar-refractivity contribution in [3.63, 3.8) is 0 Å². The van der Waals surface area contributed by atoms with E-state index in [1.54, 1.807) is 13.8 Å². The van der Waals surface area contributed by atoms with Crippen molar-refractivity contribution in [3.8, 4) is 24.4 Å². The zero-order chi connectivity index (χ0) is 11.2. The summed E-state index contributed by atoms with van der Waals surface area (Å²) in [5.41, 5.74) is -1.65. The first-order valence-electron chi connectivity index (χ1n) is 4.79. The highest BCUT2D eigenvalue weighted by atomic mass is 16.5. The number of rotatable bonds is 3. The average molecular weight is 194 g/mol. The Labute approximate surface area is 86.7 Å². The van der Waals surface area contributed by atoms with E-state index in [-0.39, 0.29) is 0 Å². The molecule has 0 aliphatic heterocycles. The van der Waals surface area contributed by atoms with Gasteiger partial charge >= 0.3 is 0 Å². The molecule has 0 aliphatic carbocycles. The van der Waals surface area contributed by atoms with Crippen molar-refractivity contribution in [2.75, 3.05) is 0 Å². The van der Waals surface area contributed by atoms with E-state index in [0.29, 0.717) is 12.8 Å². The largest absolute Gasteiger partial charge is 0.427 e. The van der Waals surface area contributed by atoms with Gasteiger partial charge in [0.15, 0.2) is 5.60 Å². The number of hydrogen-bond acceptors (Lipinski definition) is 2. The number of terminal acetylenes is 1. The molecular weight excluding hydrogens is 176 g/mol. The lowest BCUT2D eigenvalue weighted by molar-refractivity contribution is 0.0992. The SMILES string of the molecule is C#CC(C)(CC)OC#CC(C)(O)CC. The molecule has 78 valence electrons. The number of hydrogen-bond donors (Lipinski definition) is 1. The van der Waals surface area contributed by atoms with Crippen LogP contribution >= 0.6 is 0 Å². The molecule has 0 aromatic carbocycles. The fraction of sp³-hybridized carbons (Fsp3) is 0.667. The minimum Gasteiger partial charge on any atom is -0.427 e. The third-order valence-electron chi connectivity index (χ3n) is 2.27. The quantitative estimate of drug-likeness (QED) is 0.696. The van der Waals surface area contributed by atoms with Gasteiger partial charge in [0.2, 0.25) is 0 Å². The van der Waals surface area contributed by atoms with Crippen LogP contribution in [0.1, 0.15) is 40.5 Å². The monoisotopic (exact) mass is 194 g/mol. The lowest BCUT2D eigenvalue weighted by Crippen LogP contribution is -2.24. The fourth-order valence-corrected chi connectivity index (χ4v) is 0.540. The van der Waals surface area contributed by atoms with Crippen LogP contribution in [0.25, 0.3) is 0 Å². The van der Waals surface area contributed by atoms with Crippen molar-refractivity contribution in [2.24, 2.45) is 0 Å². The molecule has 0 spiro atoms. The summed E-state index contributed by atoms with van der Waals surface area (Å²) in [6.07, 6.45) is 9.02. The summed E-state index contributed by atoms with van der Waals surface area (Å²) in [6, 6.07) is 0. The van der Waals surface area contributed by atoms with E-state index < -0.39 is 11.2 Å². The van der Waals surface area contributed by atoms with Crippen LogP contribution in [0.4, 0.5) is 0 Å². The molecule has 0 saturated carbocycles. The average Bonchev–Trinajstić information content (AvgIpc) is 2.17. The van der Waals surface area contributed by atoms with Gasteiger partial charge in [-0.15, -0.1) is 6.42 Å².